The van der Waals surface area contributed by atoms with Crippen LogP contribution in [-0.4, -0.2) is 24.8 Å². The molecular formula is C14H17N3O. The standard InChI is InChI=1S/C14H17N3O/c1-17(2)9-12-6-7-13(18-12)10-4-3-5-11(8-10)14(15)16/h3-8H,9H2,1-2H3,(H3,15,16). The van der Waals surface area contributed by atoms with E-state index in [1.54, 1.807) is 0 Å². The molecule has 0 aliphatic heterocycles. The Hall–Kier alpha value is -2.07. The van der Waals surface area contributed by atoms with Crippen molar-refractivity contribution < 1.29 is 4.42 Å². The molecule has 3 N–H and O–H groups in total. The van der Waals surface area contributed by atoms with E-state index in [1.807, 2.05) is 50.5 Å². The van der Waals surface area contributed by atoms with Crippen LogP contribution in [0, 0.1) is 5.41 Å². The van der Waals surface area contributed by atoms with Crippen LogP contribution in [0.1, 0.15) is 11.3 Å². The Kier molecular flexibility index (Phi) is 3.48. The Morgan fingerprint density at radius 2 is 2.06 bits per heavy atom. The van der Waals surface area contributed by atoms with E-state index in [0.717, 1.165) is 23.6 Å². The van der Waals surface area contributed by atoms with E-state index in [4.69, 9.17) is 15.6 Å². The van der Waals surface area contributed by atoms with Crippen molar-refractivity contribution in [3.05, 3.63) is 47.7 Å². The van der Waals surface area contributed by atoms with Crippen LogP contribution in [0.15, 0.2) is 40.8 Å². The lowest BCUT2D eigenvalue weighted by molar-refractivity contribution is 0.353. The van der Waals surface area contributed by atoms with Gasteiger partial charge in [0.05, 0.1) is 6.54 Å². The Bertz CT molecular complexity index is 558. The zero-order valence-corrected chi connectivity index (χ0v) is 10.6. The average Bonchev–Trinajstić information content (AvgIpc) is 2.77. The summed E-state index contributed by atoms with van der Waals surface area (Å²) in [7, 11) is 4.00. The fourth-order valence-electron chi connectivity index (χ4n) is 1.77. The van der Waals surface area contributed by atoms with Crippen molar-refractivity contribution in [3.63, 3.8) is 0 Å². The first kappa shape index (κ1) is 12.4. The van der Waals surface area contributed by atoms with Crippen LogP contribution in [0.25, 0.3) is 11.3 Å². The fraction of sp³-hybridized carbons (Fsp3) is 0.214. The maximum Gasteiger partial charge on any atom is 0.134 e. The molecule has 18 heavy (non-hydrogen) atoms. The summed E-state index contributed by atoms with van der Waals surface area (Å²) in [5, 5.41) is 7.43. The molecule has 1 heterocycles. The van der Waals surface area contributed by atoms with Gasteiger partial charge in [0.1, 0.15) is 17.4 Å². The third-order valence-electron chi connectivity index (χ3n) is 2.59. The highest BCUT2D eigenvalue weighted by Gasteiger charge is 2.07. The number of benzene rings is 1. The molecule has 1 aromatic heterocycles. The lowest BCUT2D eigenvalue weighted by atomic mass is 10.1. The number of hydrogen-bond donors (Lipinski definition) is 2. The van der Waals surface area contributed by atoms with Gasteiger partial charge >= 0.3 is 0 Å². The van der Waals surface area contributed by atoms with Crippen LogP contribution in [0.2, 0.25) is 0 Å². The second-order valence-corrected chi connectivity index (χ2v) is 4.50. The normalized spacial score (nSPS) is 10.8. The molecule has 0 radical (unpaired) electrons. The van der Waals surface area contributed by atoms with Crippen LogP contribution < -0.4 is 5.73 Å². The van der Waals surface area contributed by atoms with Crippen molar-refractivity contribution in [2.75, 3.05) is 14.1 Å². The van der Waals surface area contributed by atoms with Crippen molar-refractivity contribution in [1.82, 2.24) is 4.90 Å². The molecule has 94 valence electrons. The molecule has 4 nitrogen and oxygen atoms in total. The number of amidine groups is 1. The van der Waals surface area contributed by atoms with Gasteiger partial charge < -0.3 is 15.1 Å². The fourth-order valence-corrected chi connectivity index (χ4v) is 1.77. The maximum absolute atomic E-state index is 7.43. The van der Waals surface area contributed by atoms with E-state index >= 15 is 0 Å². The second kappa shape index (κ2) is 5.06. The number of rotatable bonds is 4. The van der Waals surface area contributed by atoms with Gasteiger partial charge in [-0.15, -0.1) is 0 Å². The molecular weight excluding hydrogens is 226 g/mol. The molecule has 0 unspecified atom stereocenters. The van der Waals surface area contributed by atoms with Gasteiger partial charge in [-0.05, 0) is 32.3 Å². The van der Waals surface area contributed by atoms with Gasteiger partial charge in [0.25, 0.3) is 0 Å². The number of hydrogen-bond acceptors (Lipinski definition) is 3. The minimum Gasteiger partial charge on any atom is -0.460 e. The quantitative estimate of drug-likeness (QED) is 0.639. The first-order valence-corrected chi connectivity index (χ1v) is 5.74. The zero-order valence-electron chi connectivity index (χ0n) is 10.6. The highest BCUT2D eigenvalue weighted by molar-refractivity contribution is 5.95. The summed E-state index contributed by atoms with van der Waals surface area (Å²) in [6.45, 7) is 0.770. The smallest absolute Gasteiger partial charge is 0.134 e. The monoisotopic (exact) mass is 243 g/mol. The third-order valence-corrected chi connectivity index (χ3v) is 2.59. The highest BCUT2D eigenvalue weighted by atomic mass is 16.3. The minimum absolute atomic E-state index is 0.0666. The summed E-state index contributed by atoms with van der Waals surface area (Å²) in [6.07, 6.45) is 0. The molecule has 4 heteroatoms. The predicted octanol–water partition coefficient (Wildman–Crippen LogP) is 2.29. The topological polar surface area (TPSA) is 66.2 Å². The van der Waals surface area contributed by atoms with Crippen molar-refractivity contribution in [2.24, 2.45) is 5.73 Å². The summed E-state index contributed by atoms with van der Waals surface area (Å²) in [5.41, 5.74) is 7.12. The average molecular weight is 243 g/mol. The van der Waals surface area contributed by atoms with Crippen molar-refractivity contribution >= 4 is 5.84 Å². The van der Waals surface area contributed by atoms with Gasteiger partial charge in [0.15, 0.2) is 0 Å². The number of nitrogen functional groups attached to an aromatic ring is 1. The van der Waals surface area contributed by atoms with Gasteiger partial charge in [-0.25, -0.2) is 0 Å². The van der Waals surface area contributed by atoms with Crippen molar-refractivity contribution in [2.45, 2.75) is 6.54 Å². The minimum atomic E-state index is 0.0666. The maximum atomic E-state index is 7.43. The molecule has 2 rings (SSSR count). The zero-order chi connectivity index (χ0) is 13.1. The molecule has 0 spiro atoms. The summed E-state index contributed by atoms with van der Waals surface area (Å²) in [6, 6.07) is 11.4. The summed E-state index contributed by atoms with van der Waals surface area (Å²) in [4.78, 5) is 2.05. The van der Waals surface area contributed by atoms with Crippen LogP contribution in [0.4, 0.5) is 0 Å². The van der Waals surface area contributed by atoms with E-state index in [1.165, 1.54) is 0 Å². The van der Waals surface area contributed by atoms with Crippen LogP contribution in [0.5, 0.6) is 0 Å². The molecule has 0 saturated carbocycles. The Balaban J connectivity index is 2.28. The Morgan fingerprint density at radius 3 is 2.72 bits per heavy atom. The van der Waals surface area contributed by atoms with Crippen molar-refractivity contribution in [3.8, 4) is 11.3 Å². The molecule has 0 saturated heterocycles. The van der Waals surface area contributed by atoms with Gasteiger partial charge in [-0.1, -0.05) is 18.2 Å². The van der Waals surface area contributed by atoms with Crippen molar-refractivity contribution in [1.29, 1.82) is 5.41 Å². The van der Waals surface area contributed by atoms with Gasteiger partial charge in [-0.2, -0.15) is 0 Å². The Morgan fingerprint density at radius 1 is 1.28 bits per heavy atom. The van der Waals surface area contributed by atoms with Crippen LogP contribution >= 0.6 is 0 Å². The SMILES string of the molecule is CN(C)Cc1ccc(-c2cccc(C(=N)N)c2)o1. The molecule has 0 atom stereocenters. The summed E-state index contributed by atoms with van der Waals surface area (Å²) in [5.74, 6) is 1.79. The van der Waals surface area contributed by atoms with E-state index in [-0.39, 0.29) is 5.84 Å². The third kappa shape index (κ3) is 2.78. The first-order valence-electron chi connectivity index (χ1n) is 5.74. The lowest BCUT2D eigenvalue weighted by Crippen LogP contribution is -2.10. The molecule has 1 aromatic carbocycles. The molecule has 0 fully saturated rings. The Labute approximate surface area is 107 Å². The van der Waals surface area contributed by atoms with E-state index in [2.05, 4.69) is 4.90 Å². The van der Waals surface area contributed by atoms with E-state index in [0.29, 0.717) is 5.56 Å². The van der Waals surface area contributed by atoms with E-state index in [9.17, 15) is 0 Å². The van der Waals surface area contributed by atoms with Crippen LogP contribution in [-0.2, 0) is 6.54 Å². The largest absolute Gasteiger partial charge is 0.460 e. The number of nitrogens with two attached hydrogens (primary N) is 1. The van der Waals surface area contributed by atoms with Gasteiger partial charge in [-0.3, -0.25) is 5.41 Å². The first-order chi connectivity index (χ1) is 8.56. The van der Waals surface area contributed by atoms with E-state index < -0.39 is 0 Å². The summed E-state index contributed by atoms with van der Waals surface area (Å²) < 4.78 is 5.76. The second-order valence-electron chi connectivity index (χ2n) is 4.50. The molecule has 0 aliphatic rings. The number of nitrogens with zero attached hydrogens (tertiary/aromatic N) is 1. The number of nitrogens with one attached hydrogen (secondary N) is 1. The van der Waals surface area contributed by atoms with Gasteiger partial charge in [0, 0.05) is 11.1 Å². The van der Waals surface area contributed by atoms with Crippen LogP contribution in [0.3, 0.4) is 0 Å². The number of furan rings is 1. The molecule has 0 aliphatic carbocycles. The summed E-state index contributed by atoms with van der Waals surface area (Å²) >= 11 is 0. The molecule has 2 aromatic rings. The lowest BCUT2D eigenvalue weighted by Gasteiger charge is -2.06. The predicted molar refractivity (Wildman–Crippen MR) is 72.6 cm³/mol. The molecule has 0 bridgehead atoms. The molecule has 0 amide bonds. The van der Waals surface area contributed by atoms with Gasteiger partial charge in [0.2, 0.25) is 0 Å². The highest BCUT2D eigenvalue weighted by Crippen LogP contribution is 2.23.